The van der Waals surface area contributed by atoms with Crippen LogP contribution in [-0.2, 0) is 16.1 Å². The molecule has 0 aliphatic rings. The van der Waals surface area contributed by atoms with Crippen LogP contribution in [-0.4, -0.2) is 35.1 Å². The van der Waals surface area contributed by atoms with Gasteiger partial charge in [0, 0.05) is 23.0 Å². The summed E-state index contributed by atoms with van der Waals surface area (Å²) in [5.74, 6) is -0.00627. The van der Waals surface area contributed by atoms with E-state index in [1.807, 2.05) is 55.5 Å². The minimum absolute atomic E-state index is 0.0995. The highest BCUT2D eigenvalue weighted by Gasteiger charge is 2.26. The van der Waals surface area contributed by atoms with E-state index in [4.69, 9.17) is 11.6 Å². The first-order valence-electron chi connectivity index (χ1n) is 8.51. The van der Waals surface area contributed by atoms with Gasteiger partial charge in [-0.05, 0) is 37.6 Å². The van der Waals surface area contributed by atoms with Gasteiger partial charge in [-0.3, -0.25) is 9.59 Å². The number of carbonyl (C=O) groups excluding carboxylic acids is 2. The van der Waals surface area contributed by atoms with Crippen molar-refractivity contribution in [2.24, 2.45) is 0 Å². The summed E-state index contributed by atoms with van der Waals surface area (Å²) in [4.78, 5) is 27.8. The number of nitrogens with one attached hydrogen (secondary N) is 1. The van der Waals surface area contributed by atoms with Gasteiger partial charge in [0.05, 0.1) is 5.75 Å². The summed E-state index contributed by atoms with van der Waals surface area (Å²) in [5, 5.41) is 3.37. The van der Waals surface area contributed by atoms with E-state index in [0.29, 0.717) is 18.1 Å². The molecular formula is C20H23ClN2O2S. The normalized spacial score (nSPS) is 11.7. The van der Waals surface area contributed by atoms with Gasteiger partial charge in [-0.2, -0.15) is 0 Å². The summed E-state index contributed by atoms with van der Waals surface area (Å²) in [6.45, 7) is 4.42. The molecule has 2 aromatic carbocycles. The van der Waals surface area contributed by atoms with Crippen molar-refractivity contribution >= 4 is 35.2 Å². The van der Waals surface area contributed by atoms with Crippen LogP contribution in [0.25, 0.3) is 0 Å². The number of carbonyl (C=O) groups is 2. The van der Waals surface area contributed by atoms with E-state index >= 15 is 0 Å². The Bertz CT molecular complexity index is 740. The van der Waals surface area contributed by atoms with Crippen LogP contribution in [0.4, 0.5) is 0 Å². The number of hydrogen-bond acceptors (Lipinski definition) is 3. The van der Waals surface area contributed by atoms with Crippen molar-refractivity contribution in [1.82, 2.24) is 10.2 Å². The number of amides is 2. The molecule has 2 aromatic rings. The van der Waals surface area contributed by atoms with Gasteiger partial charge < -0.3 is 10.2 Å². The molecule has 0 spiro atoms. The van der Waals surface area contributed by atoms with E-state index < -0.39 is 6.04 Å². The molecule has 0 aromatic heterocycles. The van der Waals surface area contributed by atoms with Gasteiger partial charge in [0.2, 0.25) is 11.8 Å². The minimum atomic E-state index is -0.574. The second-order valence-electron chi connectivity index (χ2n) is 5.79. The van der Waals surface area contributed by atoms with Crippen LogP contribution in [0.2, 0.25) is 5.02 Å². The molecule has 0 unspecified atom stereocenters. The Morgan fingerprint density at radius 3 is 2.42 bits per heavy atom. The van der Waals surface area contributed by atoms with Crippen LogP contribution >= 0.6 is 23.4 Å². The molecule has 138 valence electrons. The average molecular weight is 391 g/mol. The lowest BCUT2D eigenvalue weighted by Gasteiger charge is -2.29. The summed E-state index contributed by atoms with van der Waals surface area (Å²) in [5.41, 5.74) is 0.823. The predicted molar refractivity (Wildman–Crippen MR) is 107 cm³/mol. The van der Waals surface area contributed by atoms with Crippen molar-refractivity contribution in [3.05, 3.63) is 65.2 Å². The number of thioether (sulfide) groups is 1. The van der Waals surface area contributed by atoms with Gasteiger partial charge >= 0.3 is 0 Å². The molecule has 2 amide bonds. The van der Waals surface area contributed by atoms with Crippen LogP contribution in [0.15, 0.2) is 59.5 Å². The molecule has 6 heteroatoms. The monoisotopic (exact) mass is 390 g/mol. The number of hydrogen-bond donors (Lipinski definition) is 1. The zero-order valence-electron chi connectivity index (χ0n) is 14.9. The van der Waals surface area contributed by atoms with Gasteiger partial charge in [0.15, 0.2) is 0 Å². The Hall–Kier alpha value is -1.98. The lowest BCUT2D eigenvalue weighted by atomic mass is 10.1. The molecule has 2 rings (SSSR count). The molecular weight excluding hydrogens is 368 g/mol. The van der Waals surface area contributed by atoms with Crippen molar-refractivity contribution in [3.8, 4) is 0 Å². The smallest absolute Gasteiger partial charge is 0.242 e. The lowest BCUT2D eigenvalue weighted by Crippen LogP contribution is -2.48. The van der Waals surface area contributed by atoms with Crippen LogP contribution in [0.3, 0.4) is 0 Å². The van der Waals surface area contributed by atoms with Crippen molar-refractivity contribution < 1.29 is 9.59 Å². The van der Waals surface area contributed by atoms with E-state index in [1.54, 1.807) is 17.9 Å². The topological polar surface area (TPSA) is 49.4 Å². The first-order valence-corrected chi connectivity index (χ1v) is 9.87. The number of rotatable bonds is 8. The summed E-state index contributed by atoms with van der Waals surface area (Å²) >= 11 is 7.71. The zero-order valence-corrected chi connectivity index (χ0v) is 16.5. The first kappa shape index (κ1) is 20.3. The summed E-state index contributed by atoms with van der Waals surface area (Å²) < 4.78 is 0. The number of nitrogens with zero attached hydrogens (tertiary/aromatic N) is 1. The highest BCUT2D eigenvalue weighted by molar-refractivity contribution is 8.00. The Balaban J connectivity index is 2.14. The van der Waals surface area contributed by atoms with E-state index in [-0.39, 0.29) is 17.6 Å². The number of halogens is 1. The maximum atomic E-state index is 12.9. The van der Waals surface area contributed by atoms with E-state index in [2.05, 4.69) is 5.32 Å². The SMILES string of the molecule is CCNC(=O)[C@@H](C)N(Cc1ccccc1Cl)C(=O)CSc1ccccc1. The maximum Gasteiger partial charge on any atom is 0.242 e. The largest absolute Gasteiger partial charge is 0.355 e. The summed E-state index contributed by atoms with van der Waals surface area (Å²) in [6.07, 6.45) is 0. The third-order valence-electron chi connectivity index (χ3n) is 3.92. The van der Waals surface area contributed by atoms with Crippen molar-refractivity contribution in [2.45, 2.75) is 31.3 Å². The van der Waals surface area contributed by atoms with Gasteiger partial charge in [0.1, 0.15) is 6.04 Å². The quantitative estimate of drug-likeness (QED) is 0.693. The average Bonchev–Trinajstić information content (AvgIpc) is 2.66. The molecule has 0 fully saturated rings. The fourth-order valence-corrected chi connectivity index (χ4v) is 3.46. The number of likely N-dealkylation sites (N-methyl/N-ethyl adjacent to an activating group) is 1. The fourth-order valence-electron chi connectivity index (χ4n) is 2.46. The van der Waals surface area contributed by atoms with Crippen LogP contribution in [0.5, 0.6) is 0 Å². The maximum absolute atomic E-state index is 12.9. The van der Waals surface area contributed by atoms with Crippen molar-refractivity contribution in [2.75, 3.05) is 12.3 Å². The summed E-state index contributed by atoms with van der Waals surface area (Å²) in [7, 11) is 0. The van der Waals surface area contributed by atoms with E-state index in [1.165, 1.54) is 11.8 Å². The molecule has 0 radical (unpaired) electrons. The minimum Gasteiger partial charge on any atom is -0.355 e. The summed E-state index contributed by atoms with van der Waals surface area (Å²) in [6, 6.07) is 16.5. The molecule has 0 saturated heterocycles. The molecule has 0 aliphatic carbocycles. The Morgan fingerprint density at radius 2 is 1.77 bits per heavy atom. The second-order valence-corrected chi connectivity index (χ2v) is 7.24. The van der Waals surface area contributed by atoms with Gasteiger partial charge in [-0.15, -0.1) is 11.8 Å². The fraction of sp³-hybridized carbons (Fsp3) is 0.300. The van der Waals surface area contributed by atoms with E-state index in [0.717, 1.165) is 10.5 Å². The van der Waals surface area contributed by atoms with E-state index in [9.17, 15) is 9.59 Å². The lowest BCUT2D eigenvalue weighted by molar-refractivity contribution is -0.138. The molecule has 4 nitrogen and oxygen atoms in total. The van der Waals surface area contributed by atoms with Gasteiger partial charge in [-0.25, -0.2) is 0 Å². The van der Waals surface area contributed by atoms with Gasteiger partial charge in [0.25, 0.3) is 0 Å². The Labute approximate surface area is 163 Å². The van der Waals surface area contributed by atoms with Crippen LogP contribution < -0.4 is 5.32 Å². The molecule has 1 atom stereocenters. The highest BCUT2D eigenvalue weighted by atomic mass is 35.5. The number of benzene rings is 2. The molecule has 26 heavy (non-hydrogen) atoms. The standard InChI is InChI=1S/C20H23ClN2O2S/c1-3-22-20(25)15(2)23(13-16-9-7-8-12-18(16)21)19(24)14-26-17-10-5-4-6-11-17/h4-12,15H,3,13-14H2,1-2H3,(H,22,25)/t15-/m1/s1. The Morgan fingerprint density at radius 1 is 1.12 bits per heavy atom. The molecule has 0 saturated carbocycles. The van der Waals surface area contributed by atoms with Crippen molar-refractivity contribution in [3.63, 3.8) is 0 Å². The van der Waals surface area contributed by atoms with Gasteiger partial charge in [-0.1, -0.05) is 48.0 Å². The Kier molecular flexibility index (Phi) is 8.01. The molecule has 0 bridgehead atoms. The van der Waals surface area contributed by atoms with Crippen LogP contribution in [0.1, 0.15) is 19.4 Å². The predicted octanol–water partition coefficient (Wildman–Crippen LogP) is 3.99. The third-order valence-corrected chi connectivity index (χ3v) is 5.29. The van der Waals surface area contributed by atoms with Crippen LogP contribution in [0, 0.1) is 0 Å². The molecule has 0 heterocycles. The molecule has 0 aliphatic heterocycles. The zero-order chi connectivity index (χ0) is 18.9. The second kappa shape index (κ2) is 10.2. The highest BCUT2D eigenvalue weighted by Crippen LogP contribution is 2.21. The molecule has 1 N–H and O–H groups in total. The third kappa shape index (κ3) is 5.78. The van der Waals surface area contributed by atoms with Crippen molar-refractivity contribution in [1.29, 1.82) is 0 Å². The first-order chi connectivity index (χ1) is 12.5.